The lowest BCUT2D eigenvalue weighted by atomic mass is 10.0. The summed E-state index contributed by atoms with van der Waals surface area (Å²) in [6, 6.07) is 5.36. The summed E-state index contributed by atoms with van der Waals surface area (Å²) in [4.78, 5) is 17.6. The highest BCUT2D eigenvalue weighted by Gasteiger charge is 2.14. The van der Waals surface area contributed by atoms with Crippen LogP contribution in [0.1, 0.15) is 5.69 Å². The first-order chi connectivity index (χ1) is 9.06. The summed E-state index contributed by atoms with van der Waals surface area (Å²) in [7, 11) is 3.14. The van der Waals surface area contributed by atoms with Crippen molar-refractivity contribution in [2.45, 2.75) is 6.92 Å². The number of nitrogens with two attached hydrogens (primary N) is 1. The van der Waals surface area contributed by atoms with Gasteiger partial charge in [-0.25, -0.2) is 4.79 Å². The second-order valence-electron chi connectivity index (χ2n) is 3.99. The molecule has 2 aromatic rings. The van der Waals surface area contributed by atoms with E-state index in [0.717, 1.165) is 5.56 Å². The van der Waals surface area contributed by atoms with Crippen LogP contribution >= 0.6 is 0 Å². The number of anilines is 1. The molecule has 0 spiro atoms. The molecule has 19 heavy (non-hydrogen) atoms. The van der Waals surface area contributed by atoms with Gasteiger partial charge in [0.25, 0.3) is 0 Å². The fourth-order valence-corrected chi connectivity index (χ4v) is 1.95. The maximum absolute atomic E-state index is 11.3. The fraction of sp³-hybridized carbons (Fsp3) is 0.231. The average molecular weight is 261 g/mol. The molecule has 0 bridgehead atoms. The Morgan fingerprint density at radius 1 is 1.26 bits per heavy atom. The largest absolute Gasteiger partial charge is 0.497 e. The Bertz CT molecular complexity index is 638. The van der Waals surface area contributed by atoms with Crippen molar-refractivity contribution in [1.82, 2.24) is 9.97 Å². The van der Waals surface area contributed by atoms with E-state index in [0.29, 0.717) is 22.8 Å². The normalized spacial score (nSPS) is 10.3. The van der Waals surface area contributed by atoms with Crippen molar-refractivity contribution in [3.05, 3.63) is 34.4 Å². The standard InChI is InChI=1S/C13H15N3O3/c1-7-11(12(14)16-13(17)15-7)9-5-4-8(18-2)6-10(9)19-3/h4-6H,1-3H3,(H3,14,15,16,17). The first-order valence-corrected chi connectivity index (χ1v) is 5.65. The van der Waals surface area contributed by atoms with Gasteiger partial charge >= 0.3 is 5.69 Å². The molecule has 100 valence electrons. The van der Waals surface area contributed by atoms with Gasteiger partial charge in [0.15, 0.2) is 0 Å². The Kier molecular flexibility index (Phi) is 3.41. The molecule has 0 aliphatic heterocycles. The lowest BCUT2D eigenvalue weighted by molar-refractivity contribution is 0.395. The third-order valence-corrected chi connectivity index (χ3v) is 2.83. The van der Waals surface area contributed by atoms with Gasteiger partial charge in [-0.2, -0.15) is 4.98 Å². The highest BCUT2D eigenvalue weighted by Crippen LogP contribution is 2.36. The van der Waals surface area contributed by atoms with E-state index in [1.54, 1.807) is 33.3 Å². The number of aromatic nitrogens is 2. The number of methoxy groups -OCH3 is 2. The number of hydrogen-bond acceptors (Lipinski definition) is 5. The summed E-state index contributed by atoms with van der Waals surface area (Å²) in [5.74, 6) is 1.45. The van der Waals surface area contributed by atoms with Crippen LogP contribution in [0, 0.1) is 6.92 Å². The molecule has 0 aliphatic rings. The molecule has 0 aliphatic carbocycles. The van der Waals surface area contributed by atoms with Gasteiger partial charge in [-0.1, -0.05) is 0 Å². The molecular formula is C13H15N3O3. The average Bonchev–Trinajstić information content (AvgIpc) is 2.37. The SMILES string of the molecule is COc1ccc(-c2c(N)nc(=O)[nH]c2C)c(OC)c1. The monoisotopic (exact) mass is 261 g/mol. The quantitative estimate of drug-likeness (QED) is 0.870. The topological polar surface area (TPSA) is 90.2 Å². The van der Waals surface area contributed by atoms with Gasteiger partial charge in [0.1, 0.15) is 17.3 Å². The molecule has 3 N–H and O–H groups in total. The van der Waals surface area contributed by atoms with Crippen LogP contribution in [0.4, 0.5) is 5.82 Å². The minimum atomic E-state index is -0.466. The molecule has 0 atom stereocenters. The van der Waals surface area contributed by atoms with Crippen LogP contribution in [0.2, 0.25) is 0 Å². The number of nitrogen functional groups attached to an aromatic ring is 1. The van der Waals surface area contributed by atoms with Crippen molar-refractivity contribution in [2.75, 3.05) is 20.0 Å². The van der Waals surface area contributed by atoms with Crippen molar-refractivity contribution in [1.29, 1.82) is 0 Å². The van der Waals surface area contributed by atoms with Gasteiger partial charge in [-0.05, 0) is 19.1 Å². The van der Waals surface area contributed by atoms with Crippen LogP contribution in [-0.2, 0) is 0 Å². The molecule has 1 heterocycles. The molecular weight excluding hydrogens is 246 g/mol. The number of nitrogens with one attached hydrogen (secondary N) is 1. The van der Waals surface area contributed by atoms with E-state index >= 15 is 0 Å². The lowest BCUT2D eigenvalue weighted by Gasteiger charge is -2.13. The lowest BCUT2D eigenvalue weighted by Crippen LogP contribution is -2.15. The molecule has 1 aromatic carbocycles. The van der Waals surface area contributed by atoms with Crippen LogP contribution in [0.5, 0.6) is 11.5 Å². The summed E-state index contributed by atoms with van der Waals surface area (Å²) in [6.07, 6.45) is 0. The zero-order chi connectivity index (χ0) is 14.0. The second-order valence-corrected chi connectivity index (χ2v) is 3.99. The second kappa shape index (κ2) is 5.01. The van der Waals surface area contributed by atoms with Crippen LogP contribution in [-0.4, -0.2) is 24.2 Å². The molecule has 0 radical (unpaired) electrons. The summed E-state index contributed by atoms with van der Waals surface area (Å²) in [5.41, 5.74) is 7.41. The first-order valence-electron chi connectivity index (χ1n) is 5.65. The number of aromatic amines is 1. The number of hydrogen-bond donors (Lipinski definition) is 2. The molecule has 1 aromatic heterocycles. The third kappa shape index (κ3) is 2.37. The smallest absolute Gasteiger partial charge is 0.347 e. The Morgan fingerprint density at radius 2 is 2.00 bits per heavy atom. The molecule has 2 rings (SSSR count). The number of nitrogens with zero attached hydrogens (tertiary/aromatic N) is 1. The number of H-pyrrole nitrogens is 1. The van der Waals surface area contributed by atoms with Gasteiger partial charge in [-0.15, -0.1) is 0 Å². The van der Waals surface area contributed by atoms with Crippen LogP contribution in [0.3, 0.4) is 0 Å². The van der Waals surface area contributed by atoms with Crippen LogP contribution in [0.25, 0.3) is 11.1 Å². The van der Waals surface area contributed by atoms with Gasteiger partial charge in [0, 0.05) is 22.9 Å². The zero-order valence-corrected chi connectivity index (χ0v) is 11.0. The van der Waals surface area contributed by atoms with Gasteiger partial charge in [-0.3, -0.25) is 0 Å². The van der Waals surface area contributed by atoms with Crippen LogP contribution in [0.15, 0.2) is 23.0 Å². The Labute approximate surface area is 110 Å². The van der Waals surface area contributed by atoms with Crippen molar-refractivity contribution in [3.8, 4) is 22.6 Å². The maximum atomic E-state index is 11.3. The van der Waals surface area contributed by atoms with Crippen molar-refractivity contribution in [2.24, 2.45) is 0 Å². The number of benzene rings is 1. The molecule has 0 fully saturated rings. The van der Waals surface area contributed by atoms with Gasteiger partial charge in [0.05, 0.1) is 14.2 Å². The summed E-state index contributed by atoms with van der Waals surface area (Å²) >= 11 is 0. The molecule has 0 amide bonds. The van der Waals surface area contributed by atoms with E-state index in [4.69, 9.17) is 15.2 Å². The summed E-state index contributed by atoms with van der Waals surface area (Å²) in [6.45, 7) is 1.76. The minimum absolute atomic E-state index is 0.171. The van der Waals surface area contributed by atoms with E-state index in [1.165, 1.54) is 0 Å². The van der Waals surface area contributed by atoms with E-state index in [9.17, 15) is 4.79 Å². The van der Waals surface area contributed by atoms with E-state index < -0.39 is 5.69 Å². The predicted octanol–water partition coefficient (Wildman–Crippen LogP) is 1.34. The zero-order valence-electron chi connectivity index (χ0n) is 11.0. The maximum Gasteiger partial charge on any atom is 0.347 e. The highest BCUT2D eigenvalue weighted by molar-refractivity contribution is 5.80. The highest BCUT2D eigenvalue weighted by atomic mass is 16.5. The van der Waals surface area contributed by atoms with E-state index in [2.05, 4.69) is 9.97 Å². The Morgan fingerprint density at radius 3 is 2.58 bits per heavy atom. The molecule has 6 nitrogen and oxygen atoms in total. The van der Waals surface area contributed by atoms with E-state index in [-0.39, 0.29) is 5.82 Å². The first kappa shape index (κ1) is 12.9. The van der Waals surface area contributed by atoms with Gasteiger partial charge in [0.2, 0.25) is 0 Å². The molecule has 0 saturated heterocycles. The summed E-state index contributed by atoms with van der Waals surface area (Å²) in [5, 5.41) is 0. The third-order valence-electron chi connectivity index (χ3n) is 2.83. The Balaban J connectivity index is 2.68. The van der Waals surface area contributed by atoms with Crippen molar-refractivity contribution >= 4 is 5.82 Å². The van der Waals surface area contributed by atoms with Crippen LogP contribution < -0.4 is 20.9 Å². The molecule has 0 unspecified atom stereocenters. The number of aryl methyl sites for hydroxylation is 1. The van der Waals surface area contributed by atoms with E-state index in [1.807, 2.05) is 6.07 Å². The number of rotatable bonds is 3. The van der Waals surface area contributed by atoms with Gasteiger partial charge < -0.3 is 20.2 Å². The fourth-order valence-electron chi connectivity index (χ4n) is 1.95. The molecule has 0 saturated carbocycles. The Hall–Kier alpha value is -2.50. The van der Waals surface area contributed by atoms with Crippen molar-refractivity contribution in [3.63, 3.8) is 0 Å². The minimum Gasteiger partial charge on any atom is -0.497 e. The molecule has 6 heteroatoms. The number of ether oxygens (including phenoxy) is 2. The predicted molar refractivity (Wildman–Crippen MR) is 72.5 cm³/mol. The summed E-state index contributed by atoms with van der Waals surface area (Å²) < 4.78 is 10.5. The van der Waals surface area contributed by atoms with Crippen molar-refractivity contribution < 1.29 is 9.47 Å².